The molecule has 0 saturated heterocycles. The maximum Gasteiger partial charge on any atom is 0.387 e. The van der Waals surface area contributed by atoms with Crippen molar-refractivity contribution in [2.45, 2.75) is 19.6 Å². The average molecular weight is 413 g/mol. The van der Waals surface area contributed by atoms with E-state index in [0.29, 0.717) is 5.02 Å². The number of ether oxygens (including phenoxy) is 2. The Kier molecular flexibility index (Phi) is 7.57. The highest BCUT2D eigenvalue weighted by atomic mass is 35.5. The van der Waals surface area contributed by atoms with Crippen LogP contribution in [0.1, 0.15) is 28.9 Å². The standard InChI is InChI=1S/C19H19ClF2N2O4/c1-11(12-3-6-14(20)7-4-12)24-17(25)10-23-18(26)13-5-8-15(28-19(21)22)16(9-13)27-2/h3-9,11,19H,10H2,1-2H3,(H,23,26)(H,24,25). The lowest BCUT2D eigenvalue weighted by Crippen LogP contribution is -2.38. The largest absolute Gasteiger partial charge is 0.493 e. The van der Waals surface area contributed by atoms with Crippen LogP contribution in [0.2, 0.25) is 5.02 Å². The van der Waals surface area contributed by atoms with E-state index in [1.807, 2.05) is 0 Å². The molecule has 2 aromatic carbocycles. The Morgan fingerprint density at radius 2 is 1.79 bits per heavy atom. The molecule has 28 heavy (non-hydrogen) atoms. The van der Waals surface area contributed by atoms with Crippen molar-refractivity contribution in [3.05, 3.63) is 58.6 Å². The number of halogens is 3. The fourth-order valence-corrected chi connectivity index (χ4v) is 2.52. The third-order valence-electron chi connectivity index (χ3n) is 3.80. The summed E-state index contributed by atoms with van der Waals surface area (Å²) in [6, 6.07) is 10.5. The van der Waals surface area contributed by atoms with Gasteiger partial charge in [0.05, 0.1) is 19.7 Å². The first kappa shape index (κ1) is 21.4. The predicted octanol–water partition coefficient (Wildman–Crippen LogP) is 3.56. The molecular weight excluding hydrogens is 394 g/mol. The van der Waals surface area contributed by atoms with E-state index in [1.165, 1.54) is 25.3 Å². The van der Waals surface area contributed by atoms with Crippen LogP contribution >= 0.6 is 11.6 Å². The zero-order chi connectivity index (χ0) is 20.7. The summed E-state index contributed by atoms with van der Waals surface area (Å²) >= 11 is 5.83. The van der Waals surface area contributed by atoms with Crippen LogP contribution < -0.4 is 20.1 Å². The van der Waals surface area contributed by atoms with Gasteiger partial charge in [-0.2, -0.15) is 8.78 Å². The Labute approximate surface area is 165 Å². The van der Waals surface area contributed by atoms with E-state index in [4.69, 9.17) is 16.3 Å². The molecule has 1 unspecified atom stereocenters. The SMILES string of the molecule is COc1cc(C(=O)NCC(=O)NC(C)c2ccc(Cl)cc2)ccc1OC(F)F. The molecule has 9 heteroatoms. The van der Waals surface area contributed by atoms with Crippen LogP contribution in [0.5, 0.6) is 11.5 Å². The summed E-state index contributed by atoms with van der Waals surface area (Å²) < 4.78 is 33.9. The smallest absolute Gasteiger partial charge is 0.387 e. The lowest BCUT2D eigenvalue weighted by Gasteiger charge is -2.15. The molecule has 0 aliphatic rings. The summed E-state index contributed by atoms with van der Waals surface area (Å²) in [5.41, 5.74) is 1.00. The normalized spacial score (nSPS) is 11.6. The molecule has 0 aliphatic carbocycles. The van der Waals surface area contributed by atoms with E-state index in [9.17, 15) is 18.4 Å². The molecule has 0 heterocycles. The molecule has 0 fully saturated rings. The van der Waals surface area contributed by atoms with E-state index in [1.54, 1.807) is 31.2 Å². The third kappa shape index (κ3) is 6.09. The van der Waals surface area contributed by atoms with Gasteiger partial charge in [0.2, 0.25) is 5.91 Å². The molecule has 0 saturated carbocycles. The van der Waals surface area contributed by atoms with Crippen LogP contribution in [0.4, 0.5) is 8.78 Å². The van der Waals surface area contributed by atoms with Crippen molar-refractivity contribution in [2.75, 3.05) is 13.7 Å². The van der Waals surface area contributed by atoms with Gasteiger partial charge in [-0.15, -0.1) is 0 Å². The monoisotopic (exact) mass is 412 g/mol. The van der Waals surface area contributed by atoms with Crippen molar-refractivity contribution < 1.29 is 27.8 Å². The van der Waals surface area contributed by atoms with Crippen LogP contribution in [-0.2, 0) is 4.79 Å². The van der Waals surface area contributed by atoms with Crippen molar-refractivity contribution in [3.8, 4) is 11.5 Å². The third-order valence-corrected chi connectivity index (χ3v) is 4.05. The van der Waals surface area contributed by atoms with E-state index >= 15 is 0 Å². The van der Waals surface area contributed by atoms with E-state index < -0.39 is 12.5 Å². The zero-order valence-electron chi connectivity index (χ0n) is 15.2. The maximum absolute atomic E-state index is 12.3. The quantitative estimate of drug-likeness (QED) is 0.695. The Bertz CT molecular complexity index is 831. The molecule has 0 aliphatic heterocycles. The minimum atomic E-state index is -3.01. The fourth-order valence-electron chi connectivity index (χ4n) is 2.39. The van der Waals surface area contributed by atoms with E-state index in [0.717, 1.165) is 5.56 Å². The minimum absolute atomic E-state index is 0.0197. The van der Waals surface area contributed by atoms with Gasteiger partial charge in [0.1, 0.15) is 0 Å². The number of hydrogen-bond donors (Lipinski definition) is 2. The second-order valence-corrected chi connectivity index (χ2v) is 6.20. The molecule has 0 bridgehead atoms. The van der Waals surface area contributed by atoms with Crippen molar-refractivity contribution in [2.24, 2.45) is 0 Å². The summed E-state index contributed by atoms with van der Waals surface area (Å²) in [6.45, 7) is -1.47. The van der Waals surface area contributed by atoms with Gasteiger partial charge in [0, 0.05) is 10.6 Å². The van der Waals surface area contributed by atoms with E-state index in [2.05, 4.69) is 15.4 Å². The van der Waals surface area contributed by atoms with Gasteiger partial charge >= 0.3 is 6.61 Å². The van der Waals surface area contributed by atoms with Crippen molar-refractivity contribution in [1.82, 2.24) is 10.6 Å². The Hall–Kier alpha value is -2.87. The second kappa shape index (κ2) is 9.89. The van der Waals surface area contributed by atoms with Gasteiger partial charge in [0.15, 0.2) is 11.5 Å². The summed E-state index contributed by atoms with van der Waals surface area (Å²) in [6.07, 6.45) is 0. The first-order valence-electron chi connectivity index (χ1n) is 8.26. The van der Waals surface area contributed by atoms with Gasteiger partial charge in [-0.05, 0) is 42.8 Å². The number of hydrogen-bond acceptors (Lipinski definition) is 4. The molecule has 0 radical (unpaired) electrons. The number of methoxy groups -OCH3 is 1. The van der Waals surface area contributed by atoms with Crippen LogP contribution in [0.15, 0.2) is 42.5 Å². The molecule has 2 rings (SSSR count). The van der Waals surface area contributed by atoms with Gasteiger partial charge in [-0.25, -0.2) is 0 Å². The van der Waals surface area contributed by atoms with Gasteiger partial charge < -0.3 is 20.1 Å². The van der Waals surface area contributed by atoms with Crippen LogP contribution in [0.25, 0.3) is 0 Å². The van der Waals surface area contributed by atoms with Gasteiger partial charge in [0.25, 0.3) is 5.91 Å². The molecule has 2 N–H and O–H groups in total. The summed E-state index contributed by atoms with van der Waals surface area (Å²) in [5, 5.41) is 5.80. The lowest BCUT2D eigenvalue weighted by molar-refractivity contribution is -0.120. The minimum Gasteiger partial charge on any atom is -0.493 e. The maximum atomic E-state index is 12.3. The molecule has 6 nitrogen and oxygen atoms in total. The predicted molar refractivity (Wildman–Crippen MR) is 100.0 cm³/mol. The molecule has 1 atom stereocenters. The van der Waals surface area contributed by atoms with Crippen molar-refractivity contribution in [1.29, 1.82) is 0 Å². The number of nitrogens with one attached hydrogen (secondary N) is 2. The molecular formula is C19H19ClF2N2O4. The van der Waals surface area contributed by atoms with Crippen molar-refractivity contribution in [3.63, 3.8) is 0 Å². The second-order valence-electron chi connectivity index (χ2n) is 5.77. The molecule has 0 aromatic heterocycles. The highest BCUT2D eigenvalue weighted by Gasteiger charge is 2.15. The van der Waals surface area contributed by atoms with Crippen molar-refractivity contribution >= 4 is 23.4 Å². The Morgan fingerprint density at radius 1 is 1.11 bits per heavy atom. The summed E-state index contributed by atoms with van der Waals surface area (Å²) in [5.74, 6) is -1.16. The number of carbonyl (C=O) groups excluding carboxylic acids is 2. The zero-order valence-corrected chi connectivity index (χ0v) is 15.9. The summed E-state index contributed by atoms with van der Waals surface area (Å²) in [7, 11) is 1.26. The topological polar surface area (TPSA) is 76.7 Å². The number of rotatable bonds is 8. The van der Waals surface area contributed by atoms with Gasteiger partial charge in [-0.1, -0.05) is 23.7 Å². The average Bonchev–Trinajstić information content (AvgIpc) is 2.66. The lowest BCUT2D eigenvalue weighted by atomic mass is 10.1. The van der Waals surface area contributed by atoms with Crippen LogP contribution in [0.3, 0.4) is 0 Å². The Balaban J connectivity index is 1.92. The molecule has 150 valence electrons. The number of carbonyl (C=O) groups is 2. The molecule has 0 spiro atoms. The first-order chi connectivity index (χ1) is 13.3. The highest BCUT2D eigenvalue weighted by Crippen LogP contribution is 2.29. The molecule has 2 aromatic rings. The number of alkyl halides is 2. The van der Waals surface area contributed by atoms with Crippen LogP contribution in [-0.4, -0.2) is 32.1 Å². The number of amides is 2. The van der Waals surface area contributed by atoms with Gasteiger partial charge in [-0.3, -0.25) is 9.59 Å². The Morgan fingerprint density at radius 3 is 2.39 bits per heavy atom. The first-order valence-corrected chi connectivity index (χ1v) is 8.64. The summed E-state index contributed by atoms with van der Waals surface area (Å²) in [4.78, 5) is 24.2. The highest BCUT2D eigenvalue weighted by molar-refractivity contribution is 6.30. The molecule has 2 amide bonds. The van der Waals surface area contributed by atoms with E-state index in [-0.39, 0.29) is 35.6 Å². The fraction of sp³-hybridized carbons (Fsp3) is 0.263. The number of benzene rings is 2. The van der Waals surface area contributed by atoms with Crippen LogP contribution in [0, 0.1) is 0 Å².